The maximum absolute atomic E-state index is 5.49. The van der Waals surface area contributed by atoms with E-state index >= 15 is 0 Å². The molecule has 0 unspecified atom stereocenters. The highest BCUT2D eigenvalue weighted by Crippen LogP contribution is 2.43. The Morgan fingerprint density at radius 3 is 2.35 bits per heavy atom. The summed E-state index contributed by atoms with van der Waals surface area (Å²) >= 11 is 0. The van der Waals surface area contributed by atoms with Crippen molar-refractivity contribution in [2.75, 3.05) is 21.3 Å². The Balaban J connectivity index is 2.46. The number of benzene rings is 1. The van der Waals surface area contributed by atoms with Crippen molar-refractivity contribution in [3.8, 4) is 11.5 Å². The normalized spacial score (nSPS) is 18.1. The molecule has 0 saturated heterocycles. The zero-order valence-electron chi connectivity index (χ0n) is 10.9. The summed E-state index contributed by atoms with van der Waals surface area (Å²) in [6.45, 7) is 0. The summed E-state index contributed by atoms with van der Waals surface area (Å²) in [6, 6.07) is 6.03. The fraction of sp³-hybridized carbons (Fsp3) is 0.571. The molecule has 17 heavy (non-hydrogen) atoms. The minimum atomic E-state index is 0.0554. The molecule has 0 amide bonds. The molecular weight excluding hydrogens is 214 g/mol. The second-order valence-corrected chi connectivity index (χ2v) is 4.61. The summed E-state index contributed by atoms with van der Waals surface area (Å²) in [5.74, 6) is 1.84. The lowest BCUT2D eigenvalue weighted by molar-refractivity contribution is 0.335. The van der Waals surface area contributed by atoms with Crippen molar-refractivity contribution in [2.24, 2.45) is 0 Å². The second-order valence-electron chi connectivity index (χ2n) is 4.61. The molecule has 0 bridgehead atoms. The Labute approximate surface area is 103 Å². The predicted octanol–water partition coefficient (Wildman–Crippen LogP) is 2.69. The van der Waals surface area contributed by atoms with Crippen LogP contribution in [0.2, 0.25) is 0 Å². The smallest absolute Gasteiger partial charge is 0.124 e. The van der Waals surface area contributed by atoms with Gasteiger partial charge >= 0.3 is 0 Å². The van der Waals surface area contributed by atoms with E-state index < -0.39 is 0 Å². The van der Waals surface area contributed by atoms with Gasteiger partial charge in [0.1, 0.15) is 11.5 Å². The molecule has 1 saturated carbocycles. The third kappa shape index (κ3) is 2.12. The Bertz CT molecular complexity index is 384. The average molecular weight is 235 g/mol. The van der Waals surface area contributed by atoms with E-state index in [2.05, 4.69) is 11.4 Å². The Morgan fingerprint density at radius 1 is 1.12 bits per heavy atom. The van der Waals surface area contributed by atoms with Crippen LogP contribution in [0.5, 0.6) is 11.5 Å². The van der Waals surface area contributed by atoms with E-state index in [9.17, 15) is 0 Å². The average Bonchev–Trinajstić information content (AvgIpc) is 2.88. The molecule has 0 aliphatic heterocycles. The molecule has 0 spiro atoms. The predicted molar refractivity (Wildman–Crippen MR) is 68.8 cm³/mol. The van der Waals surface area contributed by atoms with Gasteiger partial charge in [0.2, 0.25) is 0 Å². The van der Waals surface area contributed by atoms with Crippen LogP contribution in [-0.2, 0) is 5.54 Å². The Kier molecular flexibility index (Phi) is 3.57. The van der Waals surface area contributed by atoms with Crippen LogP contribution in [0.3, 0.4) is 0 Å². The molecule has 1 aliphatic carbocycles. The number of nitrogens with one attached hydrogen (secondary N) is 1. The molecule has 1 aliphatic rings. The van der Waals surface area contributed by atoms with Gasteiger partial charge in [-0.1, -0.05) is 12.8 Å². The van der Waals surface area contributed by atoms with Crippen molar-refractivity contribution in [1.82, 2.24) is 5.32 Å². The standard InChI is InChI=1S/C14H21NO2/c1-15-14(8-4-5-9-14)12-10-11(16-2)6-7-13(12)17-3/h6-7,10,15H,4-5,8-9H2,1-3H3. The van der Waals surface area contributed by atoms with Crippen molar-refractivity contribution >= 4 is 0 Å². The van der Waals surface area contributed by atoms with Gasteiger partial charge in [-0.15, -0.1) is 0 Å². The Morgan fingerprint density at radius 2 is 1.82 bits per heavy atom. The summed E-state index contributed by atoms with van der Waals surface area (Å²) in [5, 5.41) is 3.48. The highest BCUT2D eigenvalue weighted by atomic mass is 16.5. The van der Waals surface area contributed by atoms with Gasteiger partial charge in [-0.3, -0.25) is 0 Å². The lowest BCUT2D eigenvalue weighted by atomic mass is 9.87. The van der Waals surface area contributed by atoms with Gasteiger partial charge in [0, 0.05) is 11.1 Å². The zero-order chi connectivity index (χ0) is 12.3. The minimum absolute atomic E-state index is 0.0554. The summed E-state index contributed by atoms with van der Waals surface area (Å²) in [7, 11) is 5.46. The molecule has 2 rings (SSSR count). The lowest BCUT2D eigenvalue weighted by Gasteiger charge is -2.31. The first-order chi connectivity index (χ1) is 8.25. The first kappa shape index (κ1) is 12.2. The fourth-order valence-electron chi connectivity index (χ4n) is 2.82. The van der Waals surface area contributed by atoms with Gasteiger partial charge in [0.05, 0.1) is 14.2 Å². The molecule has 0 radical (unpaired) electrons. The molecule has 3 heteroatoms. The molecule has 1 N–H and O–H groups in total. The summed E-state index contributed by atoms with van der Waals surface area (Å²) in [6.07, 6.45) is 4.85. The molecular formula is C14H21NO2. The van der Waals surface area contributed by atoms with Crippen LogP contribution >= 0.6 is 0 Å². The molecule has 1 aromatic carbocycles. The molecule has 0 aromatic heterocycles. The number of hydrogen-bond donors (Lipinski definition) is 1. The van der Waals surface area contributed by atoms with Gasteiger partial charge in [-0.25, -0.2) is 0 Å². The first-order valence-corrected chi connectivity index (χ1v) is 6.17. The number of rotatable bonds is 4. The largest absolute Gasteiger partial charge is 0.497 e. The summed E-state index contributed by atoms with van der Waals surface area (Å²) in [4.78, 5) is 0. The van der Waals surface area contributed by atoms with Crippen molar-refractivity contribution < 1.29 is 9.47 Å². The number of hydrogen-bond acceptors (Lipinski definition) is 3. The summed E-state index contributed by atoms with van der Waals surface area (Å²) in [5.41, 5.74) is 1.28. The SMILES string of the molecule is CNC1(c2cc(OC)ccc2OC)CCCC1. The van der Waals surface area contributed by atoms with E-state index in [1.807, 2.05) is 19.2 Å². The van der Waals surface area contributed by atoms with Crippen molar-refractivity contribution in [1.29, 1.82) is 0 Å². The number of methoxy groups -OCH3 is 2. The van der Waals surface area contributed by atoms with Crippen LogP contribution < -0.4 is 14.8 Å². The lowest BCUT2D eigenvalue weighted by Crippen LogP contribution is -2.37. The maximum Gasteiger partial charge on any atom is 0.124 e. The van der Waals surface area contributed by atoms with Crippen LogP contribution in [-0.4, -0.2) is 21.3 Å². The van der Waals surface area contributed by atoms with E-state index in [-0.39, 0.29) is 5.54 Å². The molecule has 1 aromatic rings. The van der Waals surface area contributed by atoms with Crippen molar-refractivity contribution in [2.45, 2.75) is 31.2 Å². The van der Waals surface area contributed by atoms with Gasteiger partial charge in [-0.2, -0.15) is 0 Å². The third-order valence-electron chi connectivity index (χ3n) is 3.86. The molecule has 0 atom stereocenters. The van der Waals surface area contributed by atoms with Crippen LogP contribution in [0.4, 0.5) is 0 Å². The van der Waals surface area contributed by atoms with E-state index in [0.29, 0.717) is 0 Å². The van der Waals surface area contributed by atoms with Gasteiger partial charge in [0.15, 0.2) is 0 Å². The second kappa shape index (κ2) is 4.96. The molecule has 94 valence electrons. The number of ether oxygens (including phenoxy) is 2. The zero-order valence-corrected chi connectivity index (χ0v) is 10.9. The molecule has 1 fully saturated rings. The van der Waals surface area contributed by atoms with Crippen molar-refractivity contribution in [3.05, 3.63) is 23.8 Å². The van der Waals surface area contributed by atoms with E-state index in [0.717, 1.165) is 24.3 Å². The van der Waals surface area contributed by atoms with E-state index in [1.54, 1.807) is 14.2 Å². The van der Waals surface area contributed by atoms with E-state index in [1.165, 1.54) is 18.4 Å². The van der Waals surface area contributed by atoms with Crippen LogP contribution in [0.1, 0.15) is 31.2 Å². The third-order valence-corrected chi connectivity index (χ3v) is 3.86. The van der Waals surface area contributed by atoms with Gasteiger partial charge in [-0.05, 0) is 38.1 Å². The topological polar surface area (TPSA) is 30.5 Å². The minimum Gasteiger partial charge on any atom is -0.497 e. The van der Waals surface area contributed by atoms with Crippen LogP contribution in [0, 0.1) is 0 Å². The van der Waals surface area contributed by atoms with Gasteiger partial charge < -0.3 is 14.8 Å². The first-order valence-electron chi connectivity index (χ1n) is 6.17. The van der Waals surface area contributed by atoms with Crippen LogP contribution in [0.25, 0.3) is 0 Å². The maximum atomic E-state index is 5.49. The highest BCUT2D eigenvalue weighted by Gasteiger charge is 2.36. The van der Waals surface area contributed by atoms with Gasteiger partial charge in [0.25, 0.3) is 0 Å². The Hall–Kier alpha value is -1.22. The van der Waals surface area contributed by atoms with E-state index in [4.69, 9.17) is 9.47 Å². The quantitative estimate of drug-likeness (QED) is 0.870. The van der Waals surface area contributed by atoms with Crippen LogP contribution in [0.15, 0.2) is 18.2 Å². The molecule has 3 nitrogen and oxygen atoms in total. The highest BCUT2D eigenvalue weighted by molar-refractivity contribution is 5.45. The summed E-state index contributed by atoms with van der Waals surface area (Å²) < 4.78 is 10.8. The van der Waals surface area contributed by atoms with Crippen molar-refractivity contribution in [3.63, 3.8) is 0 Å². The monoisotopic (exact) mass is 235 g/mol. The fourth-order valence-corrected chi connectivity index (χ4v) is 2.82. The molecule has 0 heterocycles.